The lowest BCUT2D eigenvalue weighted by molar-refractivity contribution is -0.140. The number of ether oxygens (including phenoxy) is 4. The Hall–Kier alpha value is -4.12. The van der Waals surface area contributed by atoms with E-state index in [1.807, 2.05) is 12.1 Å². The van der Waals surface area contributed by atoms with Gasteiger partial charge in [0.05, 0.1) is 38.2 Å². The highest BCUT2D eigenvalue weighted by Gasteiger charge is 2.34. The highest BCUT2D eigenvalue weighted by molar-refractivity contribution is 8.27. The van der Waals surface area contributed by atoms with Gasteiger partial charge in [0.1, 0.15) is 8.64 Å². The van der Waals surface area contributed by atoms with Gasteiger partial charge in [0.2, 0.25) is 11.8 Å². The molecule has 3 aliphatic rings. The van der Waals surface area contributed by atoms with E-state index in [1.54, 1.807) is 74.7 Å². The Bertz CT molecular complexity index is 1790. The van der Waals surface area contributed by atoms with Gasteiger partial charge in [0.25, 0.3) is 11.8 Å². The molecule has 4 amide bonds. The van der Waals surface area contributed by atoms with Gasteiger partial charge in [0, 0.05) is 52.1 Å². The van der Waals surface area contributed by atoms with Crippen molar-refractivity contribution in [3.05, 3.63) is 57.3 Å². The Morgan fingerprint density at radius 2 is 1.06 bits per heavy atom. The van der Waals surface area contributed by atoms with Crippen molar-refractivity contribution in [1.29, 1.82) is 0 Å². The third-order valence-electron chi connectivity index (χ3n) is 8.46. The minimum Gasteiger partial charge on any atom is -0.493 e. The van der Waals surface area contributed by atoms with Gasteiger partial charge in [-0.05, 0) is 54.0 Å². The van der Waals surface area contributed by atoms with Gasteiger partial charge in [-0.3, -0.25) is 29.0 Å². The van der Waals surface area contributed by atoms with Crippen LogP contribution in [0.25, 0.3) is 12.2 Å². The summed E-state index contributed by atoms with van der Waals surface area (Å²) < 4.78 is 22.1. The monoisotopic (exact) mass is 770 g/mol. The van der Waals surface area contributed by atoms with Crippen LogP contribution in [0.4, 0.5) is 0 Å². The summed E-state index contributed by atoms with van der Waals surface area (Å²) in [6.45, 7) is 2.13. The van der Waals surface area contributed by atoms with E-state index in [2.05, 4.69) is 0 Å². The van der Waals surface area contributed by atoms with Gasteiger partial charge in [-0.25, -0.2) is 0 Å². The van der Waals surface area contributed by atoms with Crippen LogP contribution in [0.3, 0.4) is 0 Å². The summed E-state index contributed by atoms with van der Waals surface area (Å²) in [5.41, 5.74) is 1.54. The average Bonchev–Trinajstić information content (AvgIpc) is 3.56. The first-order valence-electron chi connectivity index (χ1n) is 16.1. The molecule has 0 bridgehead atoms. The second kappa shape index (κ2) is 17.4. The number of hydrogen-bond acceptors (Lipinski definition) is 12. The largest absolute Gasteiger partial charge is 0.493 e. The predicted molar refractivity (Wildman–Crippen MR) is 206 cm³/mol. The molecule has 0 radical (unpaired) electrons. The summed E-state index contributed by atoms with van der Waals surface area (Å²) in [5, 5.41) is 0. The van der Waals surface area contributed by atoms with E-state index >= 15 is 0 Å². The number of rotatable bonds is 13. The minimum absolute atomic E-state index is 0.0350. The van der Waals surface area contributed by atoms with Crippen LogP contribution in [-0.2, 0) is 19.2 Å². The fourth-order valence-electron chi connectivity index (χ4n) is 5.69. The van der Waals surface area contributed by atoms with Crippen LogP contribution < -0.4 is 18.9 Å². The third-order valence-corrected chi connectivity index (χ3v) is 11.2. The Balaban J connectivity index is 1.05. The maximum atomic E-state index is 13.1. The van der Waals surface area contributed by atoms with Crippen LogP contribution in [0.1, 0.15) is 30.4 Å². The lowest BCUT2D eigenvalue weighted by Crippen LogP contribution is -2.51. The predicted octanol–water partition coefficient (Wildman–Crippen LogP) is 4.66. The first-order chi connectivity index (χ1) is 24.6. The molecule has 51 heavy (non-hydrogen) atoms. The van der Waals surface area contributed by atoms with Crippen LogP contribution in [-0.4, -0.2) is 120 Å². The number of thioether (sulfide) groups is 2. The minimum atomic E-state index is -0.247. The molecule has 2 aromatic rings. The molecule has 3 heterocycles. The van der Waals surface area contributed by atoms with E-state index in [4.69, 9.17) is 43.4 Å². The molecule has 2 aromatic carbocycles. The van der Waals surface area contributed by atoms with Gasteiger partial charge >= 0.3 is 0 Å². The molecule has 270 valence electrons. The lowest BCUT2D eigenvalue weighted by Gasteiger charge is -2.35. The molecule has 0 atom stereocenters. The lowest BCUT2D eigenvalue weighted by atomic mass is 10.2. The highest BCUT2D eigenvalue weighted by Crippen LogP contribution is 2.36. The molecule has 16 heteroatoms. The van der Waals surface area contributed by atoms with Gasteiger partial charge in [0.15, 0.2) is 23.0 Å². The Morgan fingerprint density at radius 3 is 1.49 bits per heavy atom. The number of piperazine rings is 1. The molecule has 12 nitrogen and oxygen atoms in total. The average molecular weight is 771 g/mol. The molecule has 3 saturated heterocycles. The number of thiocarbonyl (C=S) groups is 2. The first kappa shape index (κ1) is 38.1. The molecular formula is C35H38N4O8S4. The van der Waals surface area contributed by atoms with Crippen molar-refractivity contribution in [3.63, 3.8) is 0 Å². The van der Waals surface area contributed by atoms with E-state index in [0.717, 1.165) is 11.1 Å². The van der Waals surface area contributed by atoms with Crippen molar-refractivity contribution in [2.24, 2.45) is 0 Å². The molecule has 0 unspecified atom stereocenters. The van der Waals surface area contributed by atoms with Crippen molar-refractivity contribution < 1.29 is 38.1 Å². The second-order valence-corrected chi connectivity index (χ2v) is 14.9. The van der Waals surface area contributed by atoms with Crippen LogP contribution in [0.5, 0.6) is 23.0 Å². The fourth-order valence-corrected chi connectivity index (χ4v) is 8.31. The van der Waals surface area contributed by atoms with Crippen LogP contribution in [0.15, 0.2) is 46.2 Å². The summed E-state index contributed by atoms with van der Waals surface area (Å²) in [6.07, 6.45) is 4.34. The molecular weight excluding hydrogens is 733 g/mol. The number of carbonyl (C=O) groups is 4. The van der Waals surface area contributed by atoms with E-state index in [0.29, 0.717) is 80.6 Å². The van der Waals surface area contributed by atoms with Crippen molar-refractivity contribution in [3.8, 4) is 23.0 Å². The van der Waals surface area contributed by atoms with Crippen molar-refractivity contribution in [1.82, 2.24) is 19.6 Å². The molecule has 0 N–H and O–H groups in total. The van der Waals surface area contributed by atoms with E-state index in [-0.39, 0.29) is 43.0 Å². The van der Waals surface area contributed by atoms with Crippen LogP contribution in [0.2, 0.25) is 0 Å². The molecule has 0 saturated carbocycles. The zero-order valence-corrected chi connectivity index (χ0v) is 31.9. The Morgan fingerprint density at radius 1 is 0.647 bits per heavy atom. The Kier molecular flexibility index (Phi) is 13.0. The van der Waals surface area contributed by atoms with Gasteiger partial charge < -0.3 is 28.7 Å². The van der Waals surface area contributed by atoms with Crippen LogP contribution in [0, 0.1) is 0 Å². The number of carbonyl (C=O) groups excluding carboxylic acids is 4. The van der Waals surface area contributed by atoms with Crippen LogP contribution >= 0.6 is 48.0 Å². The second-order valence-electron chi connectivity index (χ2n) is 11.5. The highest BCUT2D eigenvalue weighted by atomic mass is 32.2. The number of benzene rings is 2. The molecule has 3 aliphatic heterocycles. The number of nitrogens with zero attached hydrogens (tertiary/aromatic N) is 4. The first-order valence-corrected chi connectivity index (χ1v) is 18.5. The summed E-state index contributed by atoms with van der Waals surface area (Å²) in [5.74, 6) is 1.71. The smallest absolute Gasteiger partial charge is 0.266 e. The SMILES string of the molecule is COc1ccc(C=C2SC(=S)N(CCCC(=O)N3CCN(C(=O)CCN4C(=O)C(=Cc5ccc(OC)c(OC)c5)SC4=S)CC3)C2=O)cc1OC. The molecule has 5 rings (SSSR count). The van der Waals surface area contributed by atoms with Crippen molar-refractivity contribution in [2.75, 3.05) is 67.7 Å². The fraction of sp³-hybridized carbons (Fsp3) is 0.371. The zero-order valence-electron chi connectivity index (χ0n) is 28.7. The Labute approximate surface area is 316 Å². The number of hydrogen-bond donors (Lipinski definition) is 0. The number of amides is 4. The third kappa shape index (κ3) is 9.04. The molecule has 3 fully saturated rings. The normalized spacial score (nSPS) is 18.0. The summed E-state index contributed by atoms with van der Waals surface area (Å²) >= 11 is 13.3. The van der Waals surface area contributed by atoms with E-state index < -0.39 is 0 Å². The molecule has 0 aromatic heterocycles. The van der Waals surface area contributed by atoms with Gasteiger partial charge in [-0.2, -0.15) is 0 Å². The standard InChI is InChI=1S/C35H38N4O8S4/c1-44-24-9-7-22(18-26(24)46-3)20-28-32(42)38(34(48)50-28)12-5-6-30(40)36-14-16-37(17-15-36)31(41)11-13-39-33(43)29(51-35(39)49)21-23-8-10-25(45-2)27(19-23)47-4/h7-10,18-21H,5-6,11-17H2,1-4H3. The molecule has 0 aliphatic carbocycles. The zero-order chi connectivity index (χ0) is 36.7. The van der Waals surface area contributed by atoms with Crippen molar-refractivity contribution in [2.45, 2.75) is 19.3 Å². The topological polar surface area (TPSA) is 118 Å². The number of methoxy groups -OCH3 is 4. The van der Waals surface area contributed by atoms with Crippen molar-refractivity contribution >= 4 is 92.4 Å². The van der Waals surface area contributed by atoms with E-state index in [1.165, 1.54) is 33.3 Å². The van der Waals surface area contributed by atoms with Gasteiger partial charge in [-0.15, -0.1) is 0 Å². The summed E-state index contributed by atoms with van der Waals surface area (Å²) in [7, 11) is 6.21. The summed E-state index contributed by atoms with van der Waals surface area (Å²) in [4.78, 5) is 59.7. The van der Waals surface area contributed by atoms with Gasteiger partial charge in [-0.1, -0.05) is 60.1 Å². The van der Waals surface area contributed by atoms with E-state index in [9.17, 15) is 19.2 Å². The maximum Gasteiger partial charge on any atom is 0.266 e. The summed E-state index contributed by atoms with van der Waals surface area (Å²) in [6, 6.07) is 10.8. The molecule has 0 spiro atoms. The maximum absolute atomic E-state index is 13.1. The quantitative estimate of drug-likeness (QED) is 0.208.